The molecule has 4 nitrogen and oxygen atoms in total. The number of ether oxygens (including phenoxy) is 1. The summed E-state index contributed by atoms with van der Waals surface area (Å²) in [5.41, 5.74) is 6.43. The van der Waals surface area contributed by atoms with Crippen molar-refractivity contribution in [2.24, 2.45) is 5.73 Å². The number of amides is 1. The van der Waals surface area contributed by atoms with Crippen molar-refractivity contribution in [3.8, 4) is 0 Å². The van der Waals surface area contributed by atoms with Crippen LogP contribution in [0.3, 0.4) is 0 Å². The molecule has 0 aliphatic rings. The van der Waals surface area contributed by atoms with Gasteiger partial charge in [0.2, 0.25) is 5.91 Å². The second-order valence-electron chi connectivity index (χ2n) is 3.60. The van der Waals surface area contributed by atoms with Crippen molar-refractivity contribution in [3.05, 3.63) is 30.3 Å². The molecule has 1 aromatic carbocycles. The molecule has 0 aliphatic carbocycles. The molecule has 88 valence electrons. The normalized spacial score (nSPS) is 12.1. The molecule has 0 spiro atoms. The Kier molecular flexibility index (Phi) is 5.53. The van der Waals surface area contributed by atoms with E-state index in [1.165, 1.54) is 0 Å². The molecule has 1 rings (SSSR count). The fourth-order valence-electron chi connectivity index (χ4n) is 1.14. The van der Waals surface area contributed by atoms with Crippen molar-refractivity contribution in [1.82, 2.24) is 0 Å². The first kappa shape index (κ1) is 12.7. The average molecular weight is 222 g/mol. The topological polar surface area (TPSA) is 64.3 Å². The van der Waals surface area contributed by atoms with E-state index in [0.717, 1.165) is 12.1 Å². The maximum absolute atomic E-state index is 11.4. The van der Waals surface area contributed by atoms with Gasteiger partial charge < -0.3 is 15.8 Å². The predicted octanol–water partition coefficient (Wildman–Crippen LogP) is 1.38. The third-order valence-electron chi connectivity index (χ3n) is 2.15. The number of para-hydroxylation sites is 1. The van der Waals surface area contributed by atoms with Crippen molar-refractivity contribution < 1.29 is 9.53 Å². The van der Waals surface area contributed by atoms with Crippen LogP contribution >= 0.6 is 0 Å². The standard InChI is InChI=1S/C12H18N2O2/c1-2-10(13)8-16-9-12(15)14-11-6-4-3-5-7-11/h3-7,10H,2,8-9,13H2,1H3,(H,14,15). The van der Waals surface area contributed by atoms with Gasteiger partial charge in [0.05, 0.1) is 6.61 Å². The number of benzene rings is 1. The van der Waals surface area contributed by atoms with Gasteiger partial charge in [0, 0.05) is 11.7 Å². The lowest BCUT2D eigenvalue weighted by atomic mass is 10.3. The van der Waals surface area contributed by atoms with E-state index in [2.05, 4.69) is 5.32 Å². The van der Waals surface area contributed by atoms with Crippen LogP contribution in [0.4, 0.5) is 5.69 Å². The Bertz CT molecular complexity index is 314. The van der Waals surface area contributed by atoms with Crippen molar-refractivity contribution in [2.45, 2.75) is 19.4 Å². The quantitative estimate of drug-likeness (QED) is 0.764. The van der Waals surface area contributed by atoms with Gasteiger partial charge in [-0.3, -0.25) is 4.79 Å². The van der Waals surface area contributed by atoms with Crippen molar-refractivity contribution >= 4 is 11.6 Å². The lowest BCUT2D eigenvalue weighted by Gasteiger charge is -2.09. The van der Waals surface area contributed by atoms with Crippen LogP contribution < -0.4 is 11.1 Å². The van der Waals surface area contributed by atoms with Crippen LogP contribution in [0.5, 0.6) is 0 Å². The summed E-state index contributed by atoms with van der Waals surface area (Å²) in [4.78, 5) is 11.4. The molecule has 0 aliphatic heterocycles. The van der Waals surface area contributed by atoms with Crippen LogP contribution in [0.25, 0.3) is 0 Å². The summed E-state index contributed by atoms with van der Waals surface area (Å²) in [6.07, 6.45) is 0.848. The van der Waals surface area contributed by atoms with Crippen LogP contribution in [-0.4, -0.2) is 25.2 Å². The largest absolute Gasteiger partial charge is 0.370 e. The maximum Gasteiger partial charge on any atom is 0.250 e. The highest BCUT2D eigenvalue weighted by atomic mass is 16.5. The summed E-state index contributed by atoms with van der Waals surface area (Å²) in [5, 5.41) is 2.73. The SMILES string of the molecule is CCC(N)COCC(=O)Nc1ccccc1. The average Bonchev–Trinajstić information content (AvgIpc) is 2.30. The van der Waals surface area contributed by atoms with Crippen molar-refractivity contribution in [2.75, 3.05) is 18.5 Å². The Balaban J connectivity index is 2.21. The zero-order valence-corrected chi connectivity index (χ0v) is 9.48. The smallest absolute Gasteiger partial charge is 0.250 e. The Morgan fingerprint density at radius 3 is 2.75 bits per heavy atom. The zero-order chi connectivity index (χ0) is 11.8. The highest BCUT2D eigenvalue weighted by Crippen LogP contribution is 2.04. The van der Waals surface area contributed by atoms with Crippen LogP contribution in [0.15, 0.2) is 30.3 Å². The van der Waals surface area contributed by atoms with Gasteiger partial charge in [-0.15, -0.1) is 0 Å². The van der Waals surface area contributed by atoms with Crippen LogP contribution in [-0.2, 0) is 9.53 Å². The number of carbonyl (C=O) groups excluding carboxylic acids is 1. The molecule has 0 saturated carbocycles. The highest BCUT2D eigenvalue weighted by molar-refractivity contribution is 5.91. The Hall–Kier alpha value is -1.39. The number of hydrogen-bond donors (Lipinski definition) is 2. The Labute approximate surface area is 95.8 Å². The minimum atomic E-state index is -0.158. The summed E-state index contributed by atoms with van der Waals surface area (Å²) < 4.78 is 5.18. The second kappa shape index (κ2) is 6.98. The van der Waals surface area contributed by atoms with Crippen LogP contribution in [0, 0.1) is 0 Å². The van der Waals surface area contributed by atoms with E-state index in [1.54, 1.807) is 0 Å². The molecule has 1 amide bonds. The van der Waals surface area contributed by atoms with E-state index in [9.17, 15) is 4.79 Å². The minimum absolute atomic E-state index is 0.00419. The molecule has 0 saturated heterocycles. The highest BCUT2D eigenvalue weighted by Gasteiger charge is 2.04. The number of anilines is 1. The van der Waals surface area contributed by atoms with Gasteiger partial charge in [-0.2, -0.15) is 0 Å². The van der Waals surface area contributed by atoms with Crippen molar-refractivity contribution in [1.29, 1.82) is 0 Å². The number of nitrogens with one attached hydrogen (secondary N) is 1. The minimum Gasteiger partial charge on any atom is -0.370 e. The van der Waals surface area contributed by atoms with Crippen LogP contribution in [0.2, 0.25) is 0 Å². The lowest BCUT2D eigenvalue weighted by Crippen LogP contribution is -2.28. The Morgan fingerprint density at radius 1 is 1.44 bits per heavy atom. The summed E-state index contributed by atoms with van der Waals surface area (Å²) in [6.45, 7) is 2.44. The third-order valence-corrected chi connectivity index (χ3v) is 2.15. The molecule has 3 N–H and O–H groups in total. The molecule has 1 aromatic rings. The first-order valence-electron chi connectivity index (χ1n) is 5.40. The molecule has 0 fully saturated rings. The first-order chi connectivity index (χ1) is 7.72. The predicted molar refractivity (Wildman–Crippen MR) is 64.2 cm³/mol. The van der Waals surface area contributed by atoms with Gasteiger partial charge in [0.15, 0.2) is 0 Å². The molecular formula is C12H18N2O2. The third kappa shape index (κ3) is 4.91. The molecule has 4 heteroatoms. The van der Waals surface area contributed by atoms with E-state index in [-0.39, 0.29) is 18.6 Å². The summed E-state index contributed by atoms with van der Waals surface area (Å²) in [5.74, 6) is -0.158. The van der Waals surface area contributed by atoms with E-state index >= 15 is 0 Å². The summed E-state index contributed by atoms with van der Waals surface area (Å²) >= 11 is 0. The fourth-order valence-corrected chi connectivity index (χ4v) is 1.14. The zero-order valence-electron chi connectivity index (χ0n) is 9.48. The van der Waals surface area contributed by atoms with E-state index in [1.807, 2.05) is 37.3 Å². The maximum atomic E-state index is 11.4. The summed E-state index contributed by atoms with van der Waals surface area (Å²) in [6, 6.07) is 9.29. The Morgan fingerprint density at radius 2 is 2.12 bits per heavy atom. The van der Waals surface area contributed by atoms with Gasteiger partial charge in [0.1, 0.15) is 6.61 Å². The number of rotatable bonds is 6. The fraction of sp³-hybridized carbons (Fsp3) is 0.417. The van der Waals surface area contributed by atoms with Gasteiger partial charge in [-0.1, -0.05) is 25.1 Å². The lowest BCUT2D eigenvalue weighted by molar-refractivity contribution is -0.120. The monoisotopic (exact) mass is 222 g/mol. The molecule has 0 aromatic heterocycles. The van der Waals surface area contributed by atoms with Crippen LogP contribution in [0.1, 0.15) is 13.3 Å². The van der Waals surface area contributed by atoms with Gasteiger partial charge in [-0.05, 0) is 18.6 Å². The van der Waals surface area contributed by atoms with Gasteiger partial charge >= 0.3 is 0 Å². The van der Waals surface area contributed by atoms with Gasteiger partial charge in [-0.25, -0.2) is 0 Å². The summed E-state index contributed by atoms with van der Waals surface area (Å²) in [7, 11) is 0. The first-order valence-corrected chi connectivity index (χ1v) is 5.40. The molecule has 16 heavy (non-hydrogen) atoms. The number of hydrogen-bond acceptors (Lipinski definition) is 3. The molecule has 1 unspecified atom stereocenters. The van der Waals surface area contributed by atoms with Crippen molar-refractivity contribution in [3.63, 3.8) is 0 Å². The molecule has 1 atom stereocenters. The molecular weight excluding hydrogens is 204 g/mol. The van der Waals surface area contributed by atoms with E-state index < -0.39 is 0 Å². The van der Waals surface area contributed by atoms with E-state index in [4.69, 9.17) is 10.5 Å². The number of nitrogens with two attached hydrogens (primary N) is 1. The number of carbonyl (C=O) groups is 1. The molecule has 0 radical (unpaired) electrons. The molecule has 0 bridgehead atoms. The van der Waals surface area contributed by atoms with E-state index in [0.29, 0.717) is 6.61 Å². The second-order valence-corrected chi connectivity index (χ2v) is 3.60. The molecule has 0 heterocycles. The van der Waals surface area contributed by atoms with Gasteiger partial charge in [0.25, 0.3) is 0 Å².